The Bertz CT molecular complexity index is 969. The summed E-state index contributed by atoms with van der Waals surface area (Å²) >= 11 is 0. The summed E-state index contributed by atoms with van der Waals surface area (Å²) in [6, 6.07) is 12.8. The molecule has 0 spiro atoms. The summed E-state index contributed by atoms with van der Waals surface area (Å²) in [5.41, 5.74) is 3.09. The predicted molar refractivity (Wildman–Crippen MR) is 116 cm³/mol. The minimum absolute atomic E-state index is 0. The molecule has 0 saturated heterocycles. The fourth-order valence-corrected chi connectivity index (χ4v) is 3.05. The number of aromatic nitrogens is 2. The number of carboxylic acids is 1. The van der Waals surface area contributed by atoms with E-state index in [9.17, 15) is 9.59 Å². The zero-order valence-electron chi connectivity index (χ0n) is 17.4. The molecule has 0 atom stereocenters. The van der Waals surface area contributed by atoms with Crippen molar-refractivity contribution in [3.8, 4) is 11.4 Å². The first-order valence-corrected chi connectivity index (χ1v) is 9.63. The normalized spacial score (nSPS) is 10.3. The van der Waals surface area contributed by atoms with E-state index in [2.05, 4.69) is 4.98 Å². The molecular formula is C23H24N2NaO4. The number of ketones is 1. The van der Waals surface area contributed by atoms with Gasteiger partial charge in [-0.25, -0.2) is 4.98 Å². The summed E-state index contributed by atoms with van der Waals surface area (Å²) in [5, 5.41) is 8.63. The van der Waals surface area contributed by atoms with Gasteiger partial charge in [0.15, 0.2) is 5.78 Å². The summed E-state index contributed by atoms with van der Waals surface area (Å²) in [4.78, 5) is 27.3. The van der Waals surface area contributed by atoms with Gasteiger partial charge in [0, 0.05) is 65.2 Å². The van der Waals surface area contributed by atoms with E-state index in [0.717, 1.165) is 29.8 Å². The van der Waals surface area contributed by atoms with Crippen molar-refractivity contribution >= 4 is 41.3 Å². The van der Waals surface area contributed by atoms with Gasteiger partial charge in [-0.15, -0.1) is 0 Å². The summed E-state index contributed by atoms with van der Waals surface area (Å²) in [6.45, 7) is 2.45. The van der Waals surface area contributed by atoms with Crippen LogP contribution in [-0.4, -0.2) is 62.6 Å². The molecule has 0 aliphatic carbocycles. The Morgan fingerprint density at radius 2 is 1.77 bits per heavy atom. The van der Waals surface area contributed by atoms with Crippen LogP contribution in [0, 0.1) is 6.92 Å². The number of carbonyl (C=O) groups excluding carboxylic acids is 1. The van der Waals surface area contributed by atoms with Gasteiger partial charge in [0.25, 0.3) is 0 Å². The minimum atomic E-state index is -0.765. The molecule has 0 fully saturated rings. The SMILES string of the molecule is Cc1cc(C(=O)c2ccc(-n3ccnc3)cc2)ccc1OCCCCCC(=O)O.[Na]. The second kappa shape index (κ2) is 11.7. The Hall–Kier alpha value is -2.41. The molecule has 3 rings (SSSR count). The Morgan fingerprint density at radius 3 is 2.40 bits per heavy atom. The smallest absolute Gasteiger partial charge is 0.303 e. The number of carbonyl (C=O) groups is 2. The number of unbranched alkanes of at least 4 members (excludes halogenated alkanes) is 2. The fraction of sp³-hybridized carbons (Fsp3) is 0.261. The molecule has 7 heteroatoms. The predicted octanol–water partition coefficient (Wildman–Crippen LogP) is 4.05. The maximum absolute atomic E-state index is 12.8. The van der Waals surface area contributed by atoms with Crippen LogP contribution in [0.4, 0.5) is 0 Å². The quantitative estimate of drug-likeness (QED) is 0.307. The summed E-state index contributed by atoms with van der Waals surface area (Å²) in [7, 11) is 0. The first-order valence-electron chi connectivity index (χ1n) is 9.63. The zero-order valence-corrected chi connectivity index (χ0v) is 19.4. The third-order valence-corrected chi connectivity index (χ3v) is 4.66. The van der Waals surface area contributed by atoms with Crippen molar-refractivity contribution in [3.63, 3.8) is 0 Å². The molecule has 0 saturated carbocycles. The molecule has 30 heavy (non-hydrogen) atoms. The van der Waals surface area contributed by atoms with E-state index in [1.54, 1.807) is 18.6 Å². The molecule has 1 aromatic heterocycles. The van der Waals surface area contributed by atoms with Crippen molar-refractivity contribution in [2.45, 2.75) is 32.6 Å². The van der Waals surface area contributed by atoms with Gasteiger partial charge in [0.2, 0.25) is 0 Å². The van der Waals surface area contributed by atoms with Gasteiger partial charge in [0.05, 0.1) is 12.9 Å². The van der Waals surface area contributed by atoms with Gasteiger partial charge in [-0.05, 0) is 74.2 Å². The molecule has 6 nitrogen and oxygen atoms in total. The monoisotopic (exact) mass is 415 g/mol. The minimum Gasteiger partial charge on any atom is -0.493 e. The number of hydrogen-bond acceptors (Lipinski definition) is 4. The molecule has 1 radical (unpaired) electrons. The molecule has 0 aliphatic heterocycles. The van der Waals surface area contributed by atoms with Crippen LogP contribution in [-0.2, 0) is 4.79 Å². The Morgan fingerprint density at radius 1 is 1.03 bits per heavy atom. The van der Waals surface area contributed by atoms with Crippen LogP contribution < -0.4 is 4.74 Å². The standard InChI is InChI=1S/C23H24N2O4.Na/c1-17-15-19(8-11-21(17)29-14-4-2-3-5-22(26)27)23(28)18-6-9-20(10-7-18)25-13-12-24-16-25;/h6-13,15-16H,2-5,14H2,1H3,(H,26,27);. The zero-order chi connectivity index (χ0) is 20.6. The number of imidazole rings is 1. The topological polar surface area (TPSA) is 81.4 Å². The van der Waals surface area contributed by atoms with Crippen LogP contribution in [0.2, 0.25) is 0 Å². The number of carboxylic acid groups (broad SMARTS) is 1. The van der Waals surface area contributed by atoms with Crippen LogP contribution >= 0.6 is 0 Å². The first kappa shape index (κ1) is 23.9. The summed E-state index contributed by atoms with van der Waals surface area (Å²) in [6.07, 6.45) is 7.75. The number of aliphatic carboxylic acids is 1. The van der Waals surface area contributed by atoms with E-state index < -0.39 is 5.97 Å². The van der Waals surface area contributed by atoms with Crippen molar-refractivity contribution in [1.82, 2.24) is 9.55 Å². The number of aryl methyl sites for hydroxylation is 1. The van der Waals surface area contributed by atoms with Gasteiger partial charge in [-0.1, -0.05) is 0 Å². The van der Waals surface area contributed by atoms with Gasteiger partial charge in [0.1, 0.15) is 5.75 Å². The van der Waals surface area contributed by atoms with E-state index >= 15 is 0 Å². The van der Waals surface area contributed by atoms with Crippen molar-refractivity contribution in [2.24, 2.45) is 0 Å². The first-order chi connectivity index (χ1) is 14.0. The molecule has 1 N–H and O–H groups in total. The molecule has 3 aromatic rings. The van der Waals surface area contributed by atoms with Crippen molar-refractivity contribution in [1.29, 1.82) is 0 Å². The second-order valence-electron chi connectivity index (χ2n) is 6.88. The number of hydrogen-bond donors (Lipinski definition) is 1. The van der Waals surface area contributed by atoms with Crippen LogP contribution in [0.15, 0.2) is 61.2 Å². The van der Waals surface area contributed by atoms with Gasteiger partial charge >= 0.3 is 5.97 Å². The van der Waals surface area contributed by atoms with Crippen LogP contribution in [0.5, 0.6) is 5.75 Å². The van der Waals surface area contributed by atoms with Crippen LogP contribution in [0.3, 0.4) is 0 Å². The average molecular weight is 415 g/mol. The largest absolute Gasteiger partial charge is 0.493 e. The van der Waals surface area contributed by atoms with E-state index in [0.29, 0.717) is 24.2 Å². The molecule has 2 aromatic carbocycles. The van der Waals surface area contributed by atoms with E-state index in [1.807, 2.05) is 54.1 Å². The molecule has 1 heterocycles. The summed E-state index contributed by atoms with van der Waals surface area (Å²) < 4.78 is 7.66. The van der Waals surface area contributed by atoms with E-state index in [4.69, 9.17) is 9.84 Å². The number of ether oxygens (including phenoxy) is 1. The number of benzene rings is 2. The van der Waals surface area contributed by atoms with E-state index in [1.165, 1.54) is 0 Å². The molecular weight excluding hydrogens is 391 g/mol. The third-order valence-electron chi connectivity index (χ3n) is 4.66. The second-order valence-corrected chi connectivity index (χ2v) is 6.88. The molecule has 151 valence electrons. The average Bonchev–Trinajstić information content (AvgIpc) is 3.26. The van der Waals surface area contributed by atoms with Crippen molar-refractivity contribution < 1.29 is 19.4 Å². The maximum atomic E-state index is 12.8. The summed E-state index contributed by atoms with van der Waals surface area (Å²) in [5.74, 6) is -0.0564. The molecule has 0 unspecified atom stereocenters. The Kier molecular flexibility index (Phi) is 9.30. The van der Waals surface area contributed by atoms with Gasteiger partial charge in [-0.2, -0.15) is 0 Å². The molecule has 0 amide bonds. The van der Waals surface area contributed by atoms with Crippen molar-refractivity contribution in [3.05, 3.63) is 77.9 Å². The number of rotatable bonds is 10. The van der Waals surface area contributed by atoms with Gasteiger partial charge < -0.3 is 14.4 Å². The van der Waals surface area contributed by atoms with Crippen molar-refractivity contribution in [2.75, 3.05) is 6.61 Å². The van der Waals surface area contributed by atoms with E-state index in [-0.39, 0.29) is 41.8 Å². The molecule has 0 bridgehead atoms. The van der Waals surface area contributed by atoms with Gasteiger partial charge in [-0.3, -0.25) is 9.59 Å². The number of nitrogens with zero attached hydrogens (tertiary/aromatic N) is 2. The Labute approximate surface area is 198 Å². The third kappa shape index (κ3) is 6.55. The molecule has 0 aliphatic rings. The van der Waals surface area contributed by atoms with Crippen LogP contribution in [0.1, 0.15) is 47.2 Å². The van der Waals surface area contributed by atoms with Crippen LogP contribution in [0.25, 0.3) is 5.69 Å². The Balaban J connectivity index is 0.00000320. The maximum Gasteiger partial charge on any atom is 0.303 e. The fourth-order valence-electron chi connectivity index (χ4n) is 3.05.